The minimum Gasteiger partial charge on any atom is -0.368 e. The summed E-state index contributed by atoms with van der Waals surface area (Å²) in [6.07, 6.45) is 3.52. The molecule has 1 N–H and O–H groups in total. The largest absolute Gasteiger partial charge is 0.368 e. The third-order valence-corrected chi connectivity index (χ3v) is 4.32. The Labute approximate surface area is 131 Å². The molecule has 0 aliphatic carbocycles. The normalized spacial score (nSPS) is 13.0. The van der Waals surface area contributed by atoms with Gasteiger partial charge in [0.2, 0.25) is 0 Å². The molecule has 1 aromatic carbocycles. The molecule has 120 valence electrons. The minimum absolute atomic E-state index is 0.435. The van der Waals surface area contributed by atoms with E-state index in [-0.39, 0.29) is 0 Å². The maximum Gasteiger partial charge on any atom is 0.0417 e. The molecule has 1 atom stereocenters. The summed E-state index contributed by atoms with van der Waals surface area (Å²) >= 11 is 0. The molecule has 0 aliphatic rings. The van der Waals surface area contributed by atoms with Gasteiger partial charge in [0, 0.05) is 24.3 Å². The number of nitrogens with zero attached hydrogens (tertiary/aromatic N) is 1. The highest BCUT2D eigenvalue weighted by molar-refractivity contribution is 5.56. The molecule has 0 saturated carbocycles. The molecule has 0 bridgehead atoms. The summed E-state index contributed by atoms with van der Waals surface area (Å²) in [5.74, 6) is 0.674. The van der Waals surface area contributed by atoms with E-state index < -0.39 is 0 Å². The van der Waals surface area contributed by atoms with Crippen LogP contribution in [-0.4, -0.2) is 19.6 Å². The van der Waals surface area contributed by atoms with Gasteiger partial charge in [-0.3, -0.25) is 0 Å². The van der Waals surface area contributed by atoms with E-state index in [1.165, 1.54) is 24.1 Å². The Kier molecular flexibility index (Phi) is 7.81. The van der Waals surface area contributed by atoms with Crippen LogP contribution in [0.3, 0.4) is 0 Å². The Morgan fingerprint density at radius 3 is 2.10 bits per heavy atom. The molecule has 0 aromatic heterocycles. The van der Waals surface area contributed by atoms with Gasteiger partial charge in [0.05, 0.1) is 0 Å². The third kappa shape index (κ3) is 4.74. The lowest BCUT2D eigenvalue weighted by molar-refractivity contribution is 0.500. The standard InChI is InChI=1S/C19H34N2/c1-7-16(8-2)21(14-15(4)5)19-13-11-10-12-17(19)18(9-3)20-6/h10-13,15-16,18,20H,7-9,14H2,1-6H3. The fourth-order valence-corrected chi connectivity index (χ4v) is 3.19. The van der Waals surface area contributed by atoms with Gasteiger partial charge in [0.1, 0.15) is 0 Å². The molecule has 0 fully saturated rings. The number of nitrogens with one attached hydrogen (secondary N) is 1. The van der Waals surface area contributed by atoms with Crippen molar-refractivity contribution in [3.05, 3.63) is 29.8 Å². The number of anilines is 1. The number of hydrogen-bond acceptors (Lipinski definition) is 2. The van der Waals surface area contributed by atoms with Crippen LogP contribution in [0.2, 0.25) is 0 Å². The molecule has 0 heterocycles. The number of rotatable bonds is 9. The molecule has 2 heteroatoms. The second-order valence-electron chi connectivity index (χ2n) is 6.32. The molecule has 2 nitrogen and oxygen atoms in total. The fraction of sp³-hybridized carbons (Fsp3) is 0.684. The molecule has 0 amide bonds. The highest BCUT2D eigenvalue weighted by Crippen LogP contribution is 2.31. The van der Waals surface area contributed by atoms with Crippen LogP contribution in [0.5, 0.6) is 0 Å². The third-order valence-electron chi connectivity index (χ3n) is 4.32. The Morgan fingerprint density at radius 2 is 1.62 bits per heavy atom. The summed E-state index contributed by atoms with van der Waals surface area (Å²) in [4.78, 5) is 2.64. The van der Waals surface area contributed by atoms with Gasteiger partial charge in [-0.1, -0.05) is 52.8 Å². The summed E-state index contributed by atoms with van der Waals surface area (Å²) in [7, 11) is 2.06. The molecule has 1 aromatic rings. The Morgan fingerprint density at radius 1 is 1.00 bits per heavy atom. The smallest absolute Gasteiger partial charge is 0.0417 e. The Balaban J connectivity index is 3.23. The monoisotopic (exact) mass is 290 g/mol. The van der Waals surface area contributed by atoms with Gasteiger partial charge in [-0.25, -0.2) is 0 Å². The van der Waals surface area contributed by atoms with Gasteiger partial charge < -0.3 is 10.2 Å². The summed E-state index contributed by atoms with van der Waals surface area (Å²) in [6.45, 7) is 12.6. The van der Waals surface area contributed by atoms with Crippen LogP contribution < -0.4 is 10.2 Å². The zero-order valence-corrected chi connectivity index (χ0v) is 14.8. The summed E-state index contributed by atoms with van der Waals surface area (Å²) in [5.41, 5.74) is 2.86. The minimum atomic E-state index is 0.435. The van der Waals surface area contributed by atoms with Crippen LogP contribution in [0.15, 0.2) is 24.3 Å². The van der Waals surface area contributed by atoms with E-state index in [1.807, 2.05) is 0 Å². The zero-order chi connectivity index (χ0) is 15.8. The van der Waals surface area contributed by atoms with Crippen LogP contribution in [0.25, 0.3) is 0 Å². The molecule has 0 radical (unpaired) electrons. The van der Waals surface area contributed by atoms with Crippen molar-refractivity contribution in [2.45, 2.75) is 66.0 Å². The molecular weight excluding hydrogens is 256 g/mol. The molecule has 0 saturated heterocycles. The van der Waals surface area contributed by atoms with Crippen molar-refractivity contribution in [1.29, 1.82) is 0 Å². The molecule has 0 aliphatic heterocycles. The van der Waals surface area contributed by atoms with Gasteiger partial charge in [-0.05, 0) is 43.9 Å². The lowest BCUT2D eigenvalue weighted by Gasteiger charge is -2.36. The average Bonchev–Trinajstić information content (AvgIpc) is 2.49. The van der Waals surface area contributed by atoms with E-state index in [4.69, 9.17) is 0 Å². The van der Waals surface area contributed by atoms with E-state index in [9.17, 15) is 0 Å². The van der Waals surface area contributed by atoms with E-state index >= 15 is 0 Å². The predicted molar refractivity (Wildman–Crippen MR) is 95.1 cm³/mol. The van der Waals surface area contributed by atoms with Crippen LogP contribution in [0.4, 0.5) is 5.69 Å². The molecular formula is C19H34N2. The summed E-state index contributed by atoms with van der Waals surface area (Å²) in [5, 5.41) is 3.46. The van der Waals surface area contributed by atoms with Gasteiger partial charge in [0.25, 0.3) is 0 Å². The highest BCUT2D eigenvalue weighted by Gasteiger charge is 2.21. The molecule has 1 unspecified atom stereocenters. The SMILES string of the molecule is CCC(NC)c1ccccc1N(CC(C)C)C(CC)CC. The second-order valence-corrected chi connectivity index (χ2v) is 6.32. The lowest BCUT2D eigenvalue weighted by atomic mass is 9.98. The second kappa shape index (κ2) is 9.09. The van der Waals surface area contributed by atoms with E-state index in [0.29, 0.717) is 18.0 Å². The van der Waals surface area contributed by atoms with E-state index in [2.05, 4.69) is 76.1 Å². The van der Waals surface area contributed by atoms with Crippen molar-refractivity contribution < 1.29 is 0 Å². The predicted octanol–water partition coefficient (Wildman–Crippen LogP) is 5.01. The quantitative estimate of drug-likeness (QED) is 0.688. The van der Waals surface area contributed by atoms with Crippen molar-refractivity contribution >= 4 is 5.69 Å². The van der Waals surface area contributed by atoms with E-state index in [1.54, 1.807) is 0 Å². The lowest BCUT2D eigenvalue weighted by Crippen LogP contribution is -2.38. The van der Waals surface area contributed by atoms with Gasteiger partial charge in [0.15, 0.2) is 0 Å². The first-order chi connectivity index (χ1) is 10.1. The summed E-state index contributed by atoms with van der Waals surface area (Å²) in [6, 6.07) is 10.00. The molecule has 1 rings (SSSR count). The number of hydrogen-bond donors (Lipinski definition) is 1. The van der Waals surface area contributed by atoms with Crippen molar-refractivity contribution in [3.8, 4) is 0 Å². The van der Waals surface area contributed by atoms with Crippen LogP contribution in [-0.2, 0) is 0 Å². The fourth-order valence-electron chi connectivity index (χ4n) is 3.19. The summed E-state index contributed by atoms with van der Waals surface area (Å²) < 4.78 is 0. The van der Waals surface area contributed by atoms with Crippen LogP contribution in [0.1, 0.15) is 65.5 Å². The topological polar surface area (TPSA) is 15.3 Å². The van der Waals surface area contributed by atoms with Gasteiger partial charge >= 0.3 is 0 Å². The van der Waals surface area contributed by atoms with E-state index in [0.717, 1.165) is 13.0 Å². The Hall–Kier alpha value is -1.02. The van der Waals surface area contributed by atoms with Crippen molar-refractivity contribution in [3.63, 3.8) is 0 Å². The first-order valence-corrected chi connectivity index (χ1v) is 8.61. The Bertz CT molecular complexity index is 392. The van der Waals surface area contributed by atoms with Crippen LogP contribution in [0, 0.1) is 5.92 Å². The first-order valence-electron chi connectivity index (χ1n) is 8.61. The molecule has 21 heavy (non-hydrogen) atoms. The zero-order valence-electron chi connectivity index (χ0n) is 14.8. The van der Waals surface area contributed by atoms with Crippen molar-refractivity contribution in [1.82, 2.24) is 5.32 Å². The van der Waals surface area contributed by atoms with Crippen LogP contribution >= 0.6 is 0 Å². The number of benzene rings is 1. The van der Waals surface area contributed by atoms with Gasteiger partial charge in [-0.2, -0.15) is 0 Å². The van der Waals surface area contributed by atoms with Gasteiger partial charge in [-0.15, -0.1) is 0 Å². The first kappa shape index (κ1) is 18.0. The highest BCUT2D eigenvalue weighted by atomic mass is 15.2. The maximum atomic E-state index is 3.46. The molecule has 0 spiro atoms. The average molecular weight is 290 g/mol. The maximum absolute atomic E-state index is 3.46. The number of para-hydroxylation sites is 1. The van der Waals surface area contributed by atoms with Crippen molar-refractivity contribution in [2.75, 3.05) is 18.5 Å². The van der Waals surface area contributed by atoms with Crippen molar-refractivity contribution in [2.24, 2.45) is 5.92 Å².